The molecule has 2 aliphatic heterocycles. The molecule has 4 rings (SSSR count). The Balaban J connectivity index is 1.49. The molecule has 0 unspecified atom stereocenters. The first-order valence-electron chi connectivity index (χ1n) is 9.26. The molecule has 0 aromatic heterocycles. The quantitative estimate of drug-likeness (QED) is 0.822. The normalized spacial score (nSPS) is 17.7. The number of para-hydroxylation sites is 1. The van der Waals surface area contributed by atoms with E-state index in [2.05, 4.69) is 10.2 Å². The number of esters is 1. The number of anilines is 2. The van der Waals surface area contributed by atoms with Gasteiger partial charge in [0.15, 0.2) is 0 Å². The first-order chi connectivity index (χ1) is 13.2. The van der Waals surface area contributed by atoms with Gasteiger partial charge in [0.1, 0.15) is 18.4 Å². The van der Waals surface area contributed by atoms with Crippen molar-refractivity contribution in [1.29, 1.82) is 0 Å². The fourth-order valence-corrected chi connectivity index (χ4v) is 3.70. The molecule has 1 fully saturated rings. The zero-order valence-corrected chi connectivity index (χ0v) is 15.2. The van der Waals surface area contributed by atoms with Crippen LogP contribution in [0.3, 0.4) is 0 Å². The minimum absolute atomic E-state index is 0.00356. The standard InChI is InChI=1S/C21H22N2O4/c1-2-26-19-8-4-3-6-15(19)13-27-21(25)14-9-10-17-16(12-14)22-20(24)18-7-5-11-23(17)18/h3-4,6,8-10,12,18H,2,5,7,11,13H2,1H3,(H,22,24)/t18-/m0/s1. The molecule has 0 aliphatic carbocycles. The van der Waals surface area contributed by atoms with E-state index in [1.165, 1.54) is 0 Å². The van der Waals surface area contributed by atoms with Crippen LogP contribution in [0, 0.1) is 0 Å². The van der Waals surface area contributed by atoms with Crippen molar-refractivity contribution in [3.8, 4) is 5.75 Å². The van der Waals surface area contributed by atoms with Crippen LogP contribution < -0.4 is 15.0 Å². The van der Waals surface area contributed by atoms with E-state index in [0.717, 1.165) is 30.6 Å². The summed E-state index contributed by atoms with van der Waals surface area (Å²) in [6.07, 6.45) is 1.87. The molecule has 27 heavy (non-hydrogen) atoms. The Hall–Kier alpha value is -3.02. The summed E-state index contributed by atoms with van der Waals surface area (Å²) >= 11 is 0. The van der Waals surface area contributed by atoms with Gasteiger partial charge in [-0.3, -0.25) is 4.79 Å². The number of ether oxygens (including phenoxy) is 2. The second-order valence-corrected chi connectivity index (χ2v) is 6.69. The van der Waals surface area contributed by atoms with E-state index in [4.69, 9.17) is 9.47 Å². The maximum atomic E-state index is 12.5. The summed E-state index contributed by atoms with van der Waals surface area (Å²) in [5.41, 5.74) is 2.87. The van der Waals surface area contributed by atoms with E-state index in [-0.39, 0.29) is 18.6 Å². The lowest BCUT2D eigenvalue weighted by Gasteiger charge is -2.33. The maximum Gasteiger partial charge on any atom is 0.338 e. The average Bonchev–Trinajstić information content (AvgIpc) is 3.18. The number of nitrogens with one attached hydrogen (secondary N) is 1. The highest BCUT2D eigenvalue weighted by Crippen LogP contribution is 2.37. The van der Waals surface area contributed by atoms with Gasteiger partial charge in [-0.05, 0) is 44.0 Å². The van der Waals surface area contributed by atoms with Crippen molar-refractivity contribution in [3.63, 3.8) is 0 Å². The predicted molar refractivity (Wildman–Crippen MR) is 102 cm³/mol. The molecule has 1 amide bonds. The van der Waals surface area contributed by atoms with Crippen LogP contribution in [0.1, 0.15) is 35.7 Å². The van der Waals surface area contributed by atoms with Crippen LogP contribution in [0.25, 0.3) is 0 Å². The Labute approximate surface area is 158 Å². The lowest BCUT2D eigenvalue weighted by molar-refractivity contribution is -0.117. The van der Waals surface area contributed by atoms with Crippen molar-refractivity contribution < 1.29 is 19.1 Å². The lowest BCUT2D eigenvalue weighted by Crippen LogP contribution is -2.43. The molecule has 2 aliphatic rings. The van der Waals surface area contributed by atoms with E-state index in [0.29, 0.717) is 23.6 Å². The lowest BCUT2D eigenvalue weighted by atomic mass is 10.1. The third kappa shape index (κ3) is 3.35. The molecule has 6 heteroatoms. The SMILES string of the molecule is CCOc1ccccc1COC(=O)c1ccc2c(c1)NC(=O)[C@@H]1CCCN21. The summed E-state index contributed by atoms with van der Waals surface area (Å²) in [5, 5.41) is 2.92. The molecule has 1 saturated heterocycles. The van der Waals surface area contributed by atoms with Gasteiger partial charge in [-0.15, -0.1) is 0 Å². The zero-order chi connectivity index (χ0) is 18.8. The Morgan fingerprint density at radius 3 is 2.96 bits per heavy atom. The van der Waals surface area contributed by atoms with Gasteiger partial charge >= 0.3 is 5.97 Å². The van der Waals surface area contributed by atoms with Crippen LogP contribution in [-0.2, 0) is 16.1 Å². The van der Waals surface area contributed by atoms with E-state index >= 15 is 0 Å². The number of fused-ring (bicyclic) bond motifs is 3. The molecule has 0 spiro atoms. The third-order valence-corrected chi connectivity index (χ3v) is 4.99. The van der Waals surface area contributed by atoms with Crippen molar-refractivity contribution in [2.75, 3.05) is 23.4 Å². The highest BCUT2D eigenvalue weighted by Gasteiger charge is 2.36. The predicted octanol–water partition coefficient (Wildman–Crippen LogP) is 3.36. The molecule has 1 N–H and O–H groups in total. The van der Waals surface area contributed by atoms with Crippen molar-refractivity contribution >= 4 is 23.3 Å². The molecule has 2 aromatic rings. The highest BCUT2D eigenvalue weighted by atomic mass is 16.5. The number of nitrogens with zero attached hydrogens (tertiary/aromatic N) is 1. The molecule has 1 atom stereocenters. The van der Waals surface area contributed by atoms with E-state index in [9.17, 15) is 9.59 Å². The number of hydrogen-bond acceptors (Lipinski definition) is 5. The van der Waals surface area contributed by atoms with Gasteiger partial charge in [0.05, 0.1) is 23.5 Å². The van der Waals surface area contributed by atoms with Gasteiger partial charge in [-0.1, -0.05) is 18.2 Å². The van der Waals surface area contributed by atoms with Gasteiger partial charge in [0, 0.05) is 12.1 Å². The fourth-order valence-electron chi connectivity index (χ4n) is 3.70. The van der Waals surface area contributed by atoms with Crippen molar-refractivity contribution in [3.05, 3.63) is 53.6 Å². The molecule has 0 saturated carbocycles. The van der Waals surface area contributed by atoms with Gasteiger partial charge in [-0.2, -0.15) is 0 Å². The summed E-state index contributed by atoms with van der Waals surface area (Å²) in [4.78, 5) is 26.9. The number of hydrogen-bond donors (Lipinski definition) is 1. The first-order valence-corrected chi connectivity index (χ1v) is 9.26. The van der Waals surface area contributed by atoms with Crippen LogP contribution in [0.4, 0.5) is 11.4 Å². The van der Waals surface area contributed by atoms with Gasteiger partial charge in [0.25, 0.3) is 0 Å². The average molecular weight is 366 g/mol. The Morgan fingerprint density at radius 2 is 2.11 bits per heavy atom. The molecule has 2 heterocycles. The minimum Gasteiger partial charge on any atom is -0.493 e. The van der Waals surface area contributed by atoms with Gasteiger partial charge in [-0.25, -0.2) is 4.79 Å². The van der Waals surface area contributed by atoms with Crippen molar-refractivity contribution in [2.24, 2.45) is 0 Å². The highest BCUT2D eigenvalue weighted by molar-refractivity contribution is 6.05. The van der Waals surface area contributed by atoms with E-state index in [1.54, 1.807) is 12.1 Å². The molecule has 0 bridgehead atoms. The maximum absolute atomic E-state index is 12.5. The Kier molecular flexibility index (Phi) is 4.71. The fraction of sp³-hybridized carbons (Fsp3) is 0.333. The molecular weight excluding hydrogens is 344 g/mol. The molecular formula is C21H22N2O4. The summed E-state index contributed by atoms with van der Waals surface area (Å²) in [5.74, 6) is 0.281. The van der Waals surface area contributed by atoms with E-state index in [1.807, 2.05) is 37.3 Å². The molecule has 140 valence electrons. The van der Waals surface area contributed by atoms with Crippen molar-refractivity contribution in [2.45, 2.75) is 32.4 Å². The van der Waals surface area contributed by atoms with E-state index < -0.39 is 5.97 Å². The van der Waals surface area contributed by atoms with Crippen LogP contribution >= 0.6 is 0 Å². The largest absolute Gasteiger partial charge is 0.493 e. The number of carbonyl (C=O) groups is 2. The Bertz CT molecular complexity index is 880. The topological polar surface area (TPSA) is 67.9 Å². The van der Waals surface area contributed by atoms with Gasteiger partial charge in [0.2, 0.25) is 5.91 Å². The smallest absolute Gasteiger partial charge is 0.338 e. The van der Waals surface area contributed by atoms with Crippen LogP contribution in [0.5, 0.6) is 5.75 Å². The van der Waals surface area contributed by atoms with Crippen LogP contribution in [0.2, 0.25) is 0 Å². The second kappa shape index (κ2) is 7.31. The molecule has 0 radical (unpaired) electrons. The number of benzene rings is 2. The van der Waals surface area contributed by atoms with Crippen LogP contribution in [-0.4, -0.2) is 31.1 Å². The first kappa shape index (κ1) is 17.4. The number of amides is 1. The molecule has 6 nitrogen and oxygen atoms in total. The summed E-state index contributed by atoms with van der Waals surface area (Å²) in [6, 6.07) is 12.7. The summed E-state index contributed by atoms with van der Waals surface area (Å²) in [6.45, 7) is 3.46. The number of carbonyl (C=O) groups excluding carboxylic acids is 2. The molecule has 2 aromatic carbocycles. The number of rotatable bonds is 5. The zero-order valence-electron chi connectivity index (χ0n) is 15.2. The Morgan fingerprint density at radius 1 is 1.26 bits per heavy atom. The second-order valence-electron chi connectivity index (χ2n) is 6.69. The van der Waals surface area contributed by atoms with Crippen LogP contribution in [0.15, 0.2) is 42.5 Å². The monoisotopic (exact) mass is 366 g/mol. The summed E-state index contributed by atoms with van der Waals surface area (Å²) in [7, 11) is 0. The summed E-state index contributed by atoms with van der Waals surface area (Å²) < 4.78 is 11.0. The minimum atomic E-state index is -0.429. The third-order valence-electron chi connectivity index (χ3n) is 4.99. The van der Waals surface area contributed by atoms with Crippen molar-refractivity contribution in [1.82, 2.24) is 0 Å². The van der Waals surface area contributed by atoms with Gasteiger partial charge < -0.3 is 19.7 Å².